The number of halogens is 4. The van der Waals surface area contributed by atoms with E-state index in [1.165, 1.54) is 49.6 Å². The number of ether oxygens (including phenoxy) is 4. The summed E-state index contributed by atoms with van der Waals surface area (Å²) in [6, 6.07) is 13.6. The number of benzene rings is 3. The van der Waals surface area contributed by atoms with E-state index in [1.54, 1.807) is 0 Å². The molecular formula is C26H18BrF3O6. The average Bonchev–Trinajstić information content (AvgIpc) is 2.86. The molecule has 1 aromatic heterocycles. The van der Waals surface area contributed by atoms with Crippen molar-refractivity contribution >= 4 is 26.9 Å². The molecule has 3 aromatic carbocycles. The molecule has 1 aliphatic rings. The van der Waals surface area contributed by atoms with Crippen LogP contribution in [0.4, 0.5) is 13.2 Å². The lowest BCUT2D eigenvalue weighted by Gasteiger charge is -2.21. The van der Waals surface area contributed by atoms with Gasteiger partial charge < -0.3 is 23.4 Å². The van der Waals surface area contributed by atoms with Gasteiger partial charge in [0.15, 0.2) is 6.79 Å². The summed E-state index contributed by atoms with van der Waals surface area (Å²) < 4.78 is 69.7. The van der Waals surface area contributed by atoms with E-state index in [0.29, 0.717) is 18.1 Å². The Labute approximate surface area is 211 Å². The molecule has 4 aromatic rings. The molecule has 0 amide bonds. The van der Waals surface area contributed by atoms with E-state index in [1.807, 2.05) is 12.1 Å². The predicted molar refractivity (Wildman–Crippen MR) is 128 cm³/mol. The quantitative estimate of drug-likeness (QED) is 0.270. The van der Waals surface area contributed by atoms with Crippen LogP contribution < -0.4 is 19.6 Å². The Hall–Kier alpha value is -3.50. The molecule has 1 aliphatic heterocycles. The van der Waals surface area contributed by atoms with E-state index < -0.39 is 22.9 Å². The average molecular weight is 563 g/mol. The van der Waals surface area contributed by atoms with Gasteiger partial charge in [-0.2, -0.15) is 13.2 Å². The molecule has 0 unspecified atom stereocenters. The van der Waals surface area contributed by atoms with Gasteiger partial charge >= 0.3 is 6.18 Å². The number of fused-ring (bicyclic) bond motifs is 2. The van der Waals surface area contributed by atoms with Gasteiger partial charge in [-0.05, 0) is 42.0 Å². The minimum Gasteiger partial charge on any atom is -0.497 e. The Morgan fingerprint density at radius 3 is 2.50 bits per heavy atom. The topological polar surface area (TPSA) is 67.1 Å². The van der Waals surface area contributed by atoms with Crippen LogP contribution in [-0.4, -0.2) is 13.9 Å². The van der Waals surface area contributed by atoms with Crippen molar-refractivity contribution < 1.29 is 36.5 Å². The van der Waals surface area contributed by atoms with E-state index in [9.17, 15) is 18.0 Å². The highest BCUT2D eigenvalue weighted by Crippen LogP contribution is 2.38. The molecule has 0 spiro atoms. The summed E-state index contributed by atoms with van der Waals surface area (Å²) in [7, 11) is 1.44. The second kappa shape index (κ2) is 9.51. The lowest BCUT2D eigenvalue weighted by atomic mass is 10.0. The summed E-state index contributed by atoms with van der Waals surface area (Å²) in [4.78, 5) is 13.2. The summed E-state index contributed by atoms with van der Waals surface area (Å²) in [5, 5.41) is 0.00137. The normalized spacial score (nSPS) is 13.2. The summed E-state index contributed by atoms with van der Waals surface area (Å²) in [5.74, 6) is -0.0577. The van der Waals surface area contributed by atoms with Gasteiger partial charge in [0.05, 0.1) is 24.7 Å². The fraction of sp³-hybridized carbons (Fsp3) is 0.192. The second-order valence-corrected chi connectivity index (χ2v) is 8.89. The summed E-state index contributed by atoms with van der Waals surface area (Å²) in [6.45, 7) is 0.576. The largest absolute Gasteiger partial charge is 0.497 e. The highest BCUT2D eigenvalue weighted by molar-refractivity contribution is 9.10. The van der Waals surface area contributed by atoms with Crippen molar-refractivity contribution in [3.63, 3.8) is 0 Å². The molecule has 36 heavy (non-hydrogen) atoms. The van der Waals surface area contributed by atoms with Crippen molar-refractivity contribution in [3.8, 4) is 28.4 Å². The van der Waals surface area contributed by atoms with Crippen LogP contribution in [0.5, 0.6) is 17.2 Å². The number of alkyl halides is 3. The van der Waals surface area contributed by atoms with Gasteiger partial charge in [-0.15, -0.1) is 0 Å². The van der Waals surface area contributed by atoms with Crippen LogP contribution in [0.2, 0.25) is 0 Å². The predicted octanol–water partition coefficient (Wildman–Crippen LogP) is 6.70. The third kappa shape index (κ3) is 4.66. The van der Waals surface area contributed by atoms with Crippen LogP contribution in [0.25, 0.3) is 22.1 Å². The zero-order valence-corrected chi connectivity index (χ0v) is 20.4. The van der Waals surface area contributed by atoms with E-state index in [4.69, 9.17) is 23.4 Å². The summed E-state index contributed by atoms with van der Waals surface area (Å²) in [6.07, 6.45) is -4.89. The van der Waals surface area contributed by atoms with Crippen LogP contribution in [0.1, 0.15) is 16.9 Å². The van der Waals surface area contributed by atoms with Gasteiger partial charge in [0, 0.05) is 21.7 Å². The SMILES string of the molecule is COc1ccc(-c2c(C(F)(F)F)oc3cc(OCc4cc(Br)cc5c4OCOC5)ccc3c2=O)cc1. The zero-order valence-electron chi connectivity index (χ0n) is 18.8. The Bertz CT molecular complexity index is 1500. The van der Waals surface area contributed by atoms with E-state index in [0.717, 1.165) is 15.6 Å². The van der Waals surface area contributed by atoms with E-state index in [-0.39, 0.29) is 35.7 Å². The van der Waals surface area contributed by atoms with Gasteiger partial charge in [-0.3, -0.25) is 4.79 Å². The lowest BCUT2D eigenvalue weighted by molar-refractivity contribution is -0.152. The highest BCUT2D eigenvalue weighted by Gasteiger charge is 2.39. The number of rotatable bonds is 5. The maximum atomic E-state index is 13.9. The molecule has 0 bridgehead atoms. The molecule has 0 radical (unpaired) electrons. The Morgan fingerprint density at radius 2 is 1.78 bits per heavy atom. The van der Waals surface area contributed by atoms with Crippen LogP contribution in [0.15, 0.2) is 68.3 Å². The van der Waals surface area contributed by atoms with Crippen molar-refractivity contribution in [2.24, 2.45) is 0 Å². The van der Waals surface area contributed by atoms with Crippen LogP contribution >= 0.6 is 15.9 Å². The van der Waals surface area contributed by atoms with Crippen LogP contribution in [0, 0.1) is 0 Å². The van der Waals surface area contributed by atoms with Crippen LogP contribution in [-0.2, 0) is 24.1 Å². The fourth-order valence-corrected chi connectivity index (χ4v) is 4.56. The first-order chi connectivity index (χ1) is 17.2. The summed E-state index contributed by atoms with van der Waals surface area (Å²) in [5.41, 5.74) is 0.0568. The smallest absolute Gasteiger partial charge is 0.450 e. The van der Waals surface area contributed by atoms with Gasteiger partial charge in [0.2, 0.25) is 11.2 Å². The Morgan fingerprint density at radius 1 is 1.03 bits per heavy atom. The minimum absolute atomic E-state index is 0.00137. The fourth-order valence-electron chi connectivity index (χ4n) is 4.01. The van der Waals surface area contributed by atoms with Gasteiger partial charge in [0.25, 0.3) is 0 Å². The molecule has 0 atom stereocenters. The van der Waals surface area contributed by atoms with Gasteiger partial charge in [-0.1, -0.05) is 28.1 Å². The maximum absolute atomic E-state index is 13.9. The highest BCUT2D eigenvalue weighted by atomic mass is 79.9. The van der Waals surface area contributed by atoms with Crippen molar-refractivity contribution in [2.45, 2.75) is 19.4 Å². The lowest BCUT2D eigenvalue weighted by Crippen LogP contribution is -2.16. The molecule has 10 heteroatoms. The standard InChI is InChI=1S/C26H18BrF3O6/c1-32-18-4-2-14(3-5-18)22-23(31)20-7-6-19(10-21(20)36-25(22)26(28,29)30)34-12-16-9-17(27)8-15-11-33-13-35-24(15)16/h2-10H,11-13H2,1H3. The molecule has 5 rings (SSSR count). The van der Waals surface area contributed by atoms with Crippen LogP contribution in [0.3, 0.4) is 0 Å². The zero-order chi connectivity index (χ0) is 25.4. The molecule has 0 N–H and O–H groups in total. The molecule has 0 fully saturated rings. The molecule has 186 valence electrons. The number of hydrogen-bond donors (Lipinski definition) is 0. The van der Waals surface area contributed by atoms with Crippen molar-refractivity contribution in [2.75, 3.05) is 13.9 Å². The number of methoxy groups -OCH3 is 1. The monoisotopic (exact) mass is 562 g/mol. The Balaban J connectivity index is 1.53. The third-order valence-electron chi connectivity index (χ3n) is 5.65. The first-order valence-corrected chi connectivity index (χ1v) is 11.5. The van der Waals surface area contributed by atoms with Crippen molar-refractivity contribution in [3.05, 3.63) is 86.2 Å². The first kappa shape index (κ1) is 24.2. The van der Waals surface area contributed by atoms with E-state index >= 15 is 0 Å². The Kier molecular flexibility index (Phi) is 6.40. The molecule has 6 nitrogen and oxygen atoms in total. The third-order valence-corrected chi connectivity index (χ3v) is 6.10. The molecular weight excluding hydrogens is 545 g/mol. The van der Waals surface area contributed by atoms with Gasteiger partial charge in [-0.25, -0.2) is 0 Å². The molecule has 0 saturated heterocycles. The second-order valence-electron chi connectivity index (χ2n) is 7.97. The molecule has 2 heterocycles. The first-order valence-electron chi connectivity index (χ1n) is 10.7. The van der Waals surface area contributed by atoms with Gasteiger partial charge in [0.1, 0.15) is 29.4 Å². The number of hydrogen-bond acceptors (Lipinski definition) is 6. The summed E-state index contributed by atoms with van der Waals surface area (Å²) >= 11 is 3.44. The van der Waals surface area contributed by atoms with E-state index in [2.05, 4.69) is 15.9 Å². The maximum Gasteiger partial charge on any atom is 0.450 e. The molecule has 0 aliphatic carbocycles. The van der Waals surface area contributed by atoms with Crippen molar-refractivity contribution in [1.29, 1.82) is 0 Å². The molecule has 0 saturated carbocycles. The minimum atomic E-state index is -4.89. The van der Waals surface area contributed by atoms with Crippen molar-refractivity contribution in [1.82, 2.24) is 0 Å².